The second-order valence-corrected chi connectivity index (χ2v) is 7.38. The Morgan fingerprint density at radius 2 is 1.95 bits per heavy atom. The van der Waals surface area contributed by atoms with E-state index in [1.807, 2.05) is 13.8 Å². The molecule has 3 atom stereocenters. The van der Waals surface area contributed by atoms with Crippen molar-refractivity contribution in [1.82, 2.24) is 14.3 Å². The van der Waals surface area contributed by atoms with Gasteiger partial charge in [0.15, 0.2) is 0 Å². The van der Waals surface area contributed by atoms with Gasteiger partial charge in [0.25, 0.3) is 10.2 Å². The molecular formula is C12H26ClN3O3S. The minimum absolute atomic E-state index is 0. The first kappa shape index (κ1) is 18.1. The molecule has 0 radical (unpaired) electrons. The molecule has 2 aliphatic rings. The fourth-order valence-electron chi connectivity index (χ4n) is 2.77. The summed E-state index contributed by atoms with van der Waals surface area (Å²) >= 11 is 0. The van der Waals surface area contributed by atoms with Crippen LogP contribution in [0.1, 0.15) is 26.7 Å². The lowest BCUT2D eigenvalue weighted by atomic mass is 10.1. The number of morpholine rings is 1. The first-order chi connectivity index (χ1) is 8.97. The maximum absolute atomic E-state index is 12.2. The van der Waals surface area contributed by atoms with Crippen molar-refractivity contribution in [2.45, 2.75) is 38.9 Å². The summed E-state index contributed by atoms with van der Waals surface area (Å²) < 4.78 is 34.2. The maximum atomic E-state index is 12.2. The summed E-state index contributed by atoms with van der Waals surface area (Å²) in [4.78, 5) is 0. The van der Waals surface area contributed by atoms with E-state index < -0.39 is 10.2 Å². The highest BCUT2D eigenvalue weighted by molar-refractivity contribution is 7.87. The van der Waals surface area contributed by atoms with Crippen LogP contribution in [0.3, 0.4) is 0 Å². The van der Waals surface area contributed by atoms with Crippen LogP contribution in [0.4, 0.5) is 0 Å². The molecule has 0 saturated carbocycles. The Bertz CT molecular complexity index is 377. The van der Waals surface area contributed by atoms with Crippen molar-refractivity contribution >= 4 is 22.6 Å². The lowest BCUT2D eigenvalue weighted by Gasteiger charge is -2.34. The maximum Gasteiger partial charge on any atom is 0.279 e. The van der Waals surface area contributed by atoms with Gasteiger partial charge in [-0.2, -0.15) is 12.7 Å². The van der Waals surface area contributed by atoms with Crippen LogP contribution >= 0.6 is 12.4 Å². The van der Waals surface area contributed by atoms with Crippen LogP contribution in [0.25, 0.3) is 0 Å². The van der Waals surface area contributed by atoms with Crippen molar-refractivity contribution < 1.29 is 13.2 Å². The predicted molar refractivity (Wildman–Crippen MR) is 81.3 cm³/mol. The monoisotopic (exact) mass is 327 g/mol. The predicted octanol–water partition coefficient (Wildman–Crippen LogP) is 0.351. The molecule has 0 aromatic carbocycles. The zero-order valence-electron chi connectivity index (χ0n) is 12.2. The molecule has 2 N–H and O–H groups in total. The Labute approximate surface area is 128 Å². The summed E-state index contributed by atoms with van der Waals surface area (Å²) in [5.74, 6) is 0.602. The van der Waals surface area contributed by atoms with Crippen molar-refractivity contribution in [3.63, 3.8) is 0 Å². The average Bonchev–Trinajstić information content (AvgIpc) is 2.80. The molecule has 0 aromatic rings. The van der Waals surface area contributed by atoms with Gasteiger partial charge < -0.3 is 10.1 Å². The molecule has 8 heteroatoms. The Hall–Kier alpha value is 0.0800. The molecule has 6 nitrogen and oxygen atoms in total. The quantitative estimate of drug-likeness (QED) is 0.764. The van der Waals surface area contributed by atoms with E-state index in [4.69, 9.17) is 4.74 Å². The van der Waals surface area contributed by atoms with E-state index in [9.17, 15) is 8.42 Å². The highest BCUT2D eigenvalue weighted by Crippen LogP contribution is 2.14. The molecule has 2 saturated heterocycles. The molecule has 2 heterocycles. The van der Waals surface area contributed by atoms with Gasteiger partial charge in [0, 0.05) is 19.6 Å². The molecule has 0 aromatic heterocycles. The zero-order chi connectivity index (χ0) is 13.9. The third-order valence-electron chi connectivity index (χ3n) is 3.73. The van der Waals surface area contributed by atoms with E-state index in [-0.39, 0.29) is 24.6 Å². The van der Waals surface area contributed by atoms with Crippen molar-refractivity contribution in [3.8, 4) is 0 Å². The second kappa shape index (κ2) is 7.91. The van der Waals surface area contributed by atoms with Crippen LogP contribution in [0.5, 0.6) is 0 Å². The molecule has 0 spiro atoms. The van der Waals surface area contributed by atoms with E-state index in [1.54, 1.807) is 0 Å². The molecule has 120 valence electrons. The number of hydrogen-bond donors (Lipinski definition) is 2. The van der Waals surface area contributed by atoms with Gasteiger partial charge in [0.05, 0.1) is 12.2 Å². The third kappa shape index (κ3) is 5.13. The van der Waals surface area contributed by atoms with Crippen LogP contribution in [-0.4, -0.2) is 57.7 Å². The minimum atomic E-state index is -3.36. The smallest absolute Gasteiger partial charge is 0.279 e. The molecular weight excluding hydrogens is 302 g/mol. The molecule has 3 unspecified atom stereocenters. The Balaban J connectivity index is 0.00000200. The first-order valence-electron chi connectivity index (χ1n) is 7.08. The van der Waals surface area contributed by atoms with Crippen LogP contribution in [0.15, 0.2) is 0 Å². The molecule has 0 amide bonds. The van der Waals surface area contributed by atoms with Crippen LogP contribution in [0, 0.1) is 5.92 Å². The van der Waals surface area contributed by atoms with Crippen LogP contribution < -0.4 is 10.0 Å². The normalized spacial score (nSPS) is 32.0. The fraction of sp³-hybridized carbons (Fsp3) is 1.00. The molecule has 2 fully saturated rings. The number of halogens is 1. The Kier molecular flexibility index (Phi) is 7.17. The average molecular weight is 328 g/mol. The van der Waals surface area contributed by atoms with E-state index >= 15 is 0 Å². The number of hydrogen-bond acceptors (Lipinski definition) is 4. The van der Waals surface area contributed by atoms with Gasteiger partial charge >= 0.3 is 0 Å². The SMILES string of the molecule is CC1CN(S(=O)(=O)NCCC2CCNC2)CC(C)O1.Cl. The number of ether oxygens (including phenoxy) is 1. The van der Waals surface area contributed by atoms with Crippen molar-refractivity contribution in [2.75, 3.05) is 32.7 Å². The number of nitrogens with one attached hydrogen (secondary N) is 2. The first-order valence-corrected chi connectivity index (χ1v) is 8.52. The molecule has 0 aliphatic carbocycles. The lowest BCUT2D eigenvalue weighted by Crippen LogP contribution is -2.52. The van der Waals surface area contributed by atoms with Gasteiger partial charge in [-0.15, -0.1) is 12.4 Å². The lowest BCUT2D eigenvalue weighted by molar-refractivity contribution is -0.0443. The summed E-state index contributed by atoms with van der Waals surface area (Å²) in [6.07, 6.45) is 1.97. The van der Waals surface area contributed by atoms with Crippen LogP contribution in [0.2, 0.25) is 0 Å². The third-order valence-corrected chi connectivity index (χ3v) is 5.27. The molecule has 0 bridgehead atoms. The molecule has 2 rings (SSSR count). The largest absolute Gasteiger partial charge is 0.373 e. The van der Waals surface area contributed by atoms with Crippen LogP contribution in [-0.2, 0) is 14.9 Å². The van der Waals surface area contributed by atoms with Crippen molar-refractivity contribution in [3.05, 3.63) is 0 Å². The van der Waals surface area contributed by atoms with Crippen molar-refractivity contribution in [1.29, 1.82) is 0 Å². The summed E-state index contributed by atoms with van der Waals surface area (Å²) in [5.41, 5.74) is 0. The topological polar surface area (TPSA) is 70.7 Å². The summed E-state index contributed by atoms with van der Waals surface area (Å²) in [6, 6.07) is 0. The molecule has 2 aliphatic heterocycles. The fourth-order valence-corrected chi connectivity index (χ4v) is 4.14. The second-order valence-electron chi connectivity index (χ2n) is 5.62. The van der Waals surface area contributed by atoms with Gasteiger partial charge in [-0.05, 0) is 45.7 Å². The van der Waals surface area contributed by atoms with Gasteiger partial charge in [0.1, 0.15) is 0 Å². The standard InChI is InChI=1S/C12H25N3O3S.ClH/c1-10-8-15(9-11(2)18-10)19(16,17)14-6-4-12-3-5-13-7-12;/h10-14H,3-9H2,1-2H3;1H. The molecule has 20 heavy (non-hydrogen) atoms. The highest BCUT2D eigenvalue weighted by atomic mass is 35.5. The Morgan fingerprint density at radius 1 is 1.30 bits per heavy atom. The van der Waals surface area contributed by atoms with E-state index in [2.05, 4.69) is 10.0 Å². The van der Waals surface area contributed by atoms with Gasteiger partial charge in [-0.3, -0.25) is 0 Å². The van der Waals surface area contributed by atoms with E-state index in [0.29, 0.717) is 25.6 Å². The van der Waals surface area contributed by atoms with Gasteiger partial charge in [-0.25, -0.2) is 4.72 Å². The zero-order valence-corrected chi connectivity index (χ0v) is 13.8. The number of nitrogens with zero attached hydrogens (tertiary/aromatic N) is 1. The number of rotatable bonds is 5. The van der Waals surface area contributed by atoms with E-state index in [0.717, 1.165) is 25.9 Å². The Morgan fingerprint density at radius 3 is 2.50 bits per heavy atom. The summed E-state index contributed by atoms with van der Waals surface area (Å²) in [5, 5.41) is 3.29. The highest BCUT2D eigenvalue weighted by Gasteiger charge is 2.30. The van der Waals surface area contributed by atoms with Gasteiger partial charge in [0.2, 0.25) is 0 Å². The van der Waals surface area contributed by atoms with Gasteiger partial charge in [-0.1, -0.05) is 0 Å². The summed E-state index contributed by atoms with van der Waals surface area (Å²) in [6.45, 7) is 7.26. The summed E-state index contributed by atoms with van der Waals surface area (Å²) in [7, 11) is -3.36. The minimum Gasteiger partial charge on any atom is -0.373 e. The van der Waals surface area contributed by atoms with E-state index in [1.165, 1.54) is 4.31 Å². The van der Waals surface area contributed by atoms with Crippen molar-refractivity contribution in [2.24, 2.45) is 5.92 Å².